The standard InChI is InChI=1S/C12H14N4O4S/c1-19-11(17)7-8(13)9(12(18)20-2)21-10(7)14-3-6-4-15-16-5-6/h4-5,14H,3,13H2,1-2H3,(H,15,16). The summed E-state index contributed by atoms with van der Waals surface area (Å²) in [4.78, 5) is 23.7. The molecule has 0 fully saturated rings. The number of rotatable bonds is 5. The molecule has 9 heteroatoms. The SMILES string of the molecule is COC(=O)c1sc(NCc2cn[nH]c2)c(C(=O)OC)c1N. The van der Waals surface area contributed by atoms with Crippen molar-refractivity contribution >= 4 is 34.0 Å². The number of thiophene rings is 1. The van der Waals surface area contributed by atoms with E-state index >= 15 is 0 Å². The summed E-state index contributed by atoms with van der Waals surface area (Å²) in [5, 5.41) is 9.99. The van der Waals surface area contributed by atoms with Crippen LogP contribution in [0.5, 0.6) is 0 Å². The number of nitrogens with one attached hydrogen (secondary N) is 2. The van der Waals surface area contributed by atoms with Gasteiger partial charge in [-0.2, -0.15) is 5.10 Å². The fraction of sp³-hybridized carbons (Fsp3) is 0.250. The van der Waals surface area contributed by atoms with E-state index in [1.165, 1.54) is 14.2 Å². The maximum Gasteiger partial charge on any atom is 0.350 e. The number of nitrogens with zero attached hydrogens (tertiary/aromatic N) is 1. The molecule has 8 nitrogen and oxygen atoms in total. The van der Waals surface area contributed by atoms with Crippen LogP contribution in [0.1, 0.15) is 25.6 Å². The lowest BCUT2D eigenvalue weighted by Gasteiger charge is -2.05. The van der Waals surface area contributed by atoms with Crippen LogP contribution in [0.15, 0.2) is 12.4 Å². The number of methoxy groups -OCH3 is 2. The molecule has 2 heterocycles. The van der Waals surface area contributed by atoms with Crippen LogP contribution in [0.2, 0.25) is 0 Å². The van der Waals surface area contributed by atoms with Crippen molar-refractivity contribution in [3.8, 4) is 0 Å². The normalized spacial score (nSPS) is 10.2. The minimum Gasteiger partial charge on any atom is -0.465 e. The molecule has 0 spiro atoms. The zero-order valence-corrected chi connectivity index (χ0v) is 12.2. The van der Waals surface area contributed by atoms with Crippen molar-refractivity contribution in [2.75, 3.05) is 25.3 Å². The minimum atomic E-state index is -0.617. The Bertz CT molecular complexity index is 651. The van der Waals surface area contributed by atoms with E-state index in [0.717, 1.165) is 16.9 Å². The van der Waals surface area contributed by atoms with Crippen molar-refractivity contribution in [2.24, 2.45) is 0 Å². The first-order chi connectivity index (χ1) is 10.1. The summed E-state index contributed by atoms with van der Waals surface area (Å²) in [6.45, 7) is 0.418. The molecule has 21 heavy (non-hydrogen) atoms. The average Bonchev–Trinajstić information content (AvgIpc) is 3.11. The van der Waals surface area contributed by atoms with Gasteiger partial charge in [0.2, 0.25) is 0 Å². The van der Waals surface area contributed by atoms with Gasteiger partial charge in [-0.25, -0.2) is 9.59 Å². The van der Waals surface area contributed by atoms with Crippen LogP contribution >= 0.6 is 11.3 Å². The second-order valence-corrected chi connectivity index (χ2v) is 5.01. The first kappa shape index (κ1) is 14.9. The van der Waals surface area contributed by atoms with Crippen LogP contribution in [-0.2, 0) is 16.0 Å². The van der Waals surface area contributed by atoms with Gasteiger partial charge in [0, 0.05) is 18.3 Å². The van der Waals surface area contributed by atoms with Crippen molar-refractivity contribution < 1.29 is 19.1 Å². The van der Waals surface area contributed by atoms with Crippen molar-refractivity contribution in [1.82, 2.24) is 10.2 Å². The van der Waals surface area contributed by atoms with E-state index in [4.69, 9.17) is 10.5 Å². The molecular formula is C12H14N4O4S. The second-order valence-electron chi connectivity index (χ2n) is 3.99. The predicted molar refractivity (Wildman–Crippen MR) is 77.3 cm³/mol. The van der Waals surface area contributed by atoms with E-state index in [2.05, 4.69) is 20.3 Å². The highest BCUT2D eigenvalue weighted by Gasteiger charge is 2.26. The zero-order chi connectivity index (χ0) is 15.4. The number of carbonyl (C=O) groups is 2. The lowest BCUT2D eigenvalue weighted by Crippen LogP contribution is -2.09. The first-order valence-corrected chi connectivity index (χ1v) is 6.70. The number of carbonyl (C=O) groups excluding carboxylic acids is 2. The number of nitrogens with two attached hydrogens (primary N) is 1. The van der Waals surface area contributed by atoms with Gasteiger partial charge in [-0.1, -0.05) is 0 Å². The Morgan fingerprint density at radius 3 is 2.67 bits per heavy atom. The summed E-state index contributed by atoms with van der Waals surface area (Å²) in [6.07, 6.45) is 3.35. The highest BCUT2D eigenvalue weighted by atomic mass is 32.1. The third-order valence-electron chi connectivity index (χ3n) is 2.71. The van der Waals surface area contributed by atoms with Crippen molar-refractivity contribution in [1.29, 1.82) is 0 Å². The lowest BCUT2D eigenvalue weighted by molar-refractivity contribution is 0.0602. The number of esters is 2. The van der Waals surface area contributed by atoms with E-state index in [0.29, 0.717) is 11.5 Å². The second kappa shape index (κ2) is 6.27. The molecule has 2 rings (SSSR count). The Morgan fingerprint density at radius 2 is 2.10 bits per heavy atom. The van der Waals surface area contributed by atoms with Crippen LogP contribution in [0.4, 0.5) is 10.7 Å². The molecule has 0 atom stereocenters. The highest BCUT2D eigenvalue weighted by Crippen LogP contribution is 2.36. The number of nitrogen functional groups attached to an aromatic ring is 1. The molecule has 4 N–H and O–H groups in total. The van der Waals surface area contributed by atoms with Gasteiger partial charge in [0.1, 0.15) is 15.4 Å². The van der Waals surface area contributed by atoms with Gasteiger partial charge >= 0.3 is 11.9 Å². The summed E-state index contributed by atoms with van der Waals surface area (Å²) >= 11 is 1.04. The third kappa shape index (κ3) is 2.97. The maximum atomic E-state index is 11.8. The minimum absolute atomic E-state index is 0.0494. The molecular weight excluding hydrogens is 296 g/mol. The third-order valence-corrected chi connectivity index (χ3v) is 3.86. The van der Waals surface area contributed by atoms with Gasteiger partial charge in [-0.3, -0.25) is 5.10 Å². The molecule has 0 amide bonds. The van der Waals surface area contributed by atoms with Crippen LogP contribution in [0.3, 0.4) is 0 Å². The highest BCUT2D eigenvalue weighted by molar-refractivity contribution is 7.19. The van der Waals surface area contributed by atoms with Gasteiger partial charge in [0.05, 0.1) is 26.1 Å². The Hall–Kier alpha value is -2.55. The fourth-order valence-electron chi connectivity index (χ4n) is 1.67. The van der Waals surface area contributed by atoms with E-state index in [1.807, 2.05) is 0 Å². The molecule has 0 aliphatic carbocycles. The van der Waals surface area contributed by atoms with E-state index < -0.39 is 11.9 Å². The largest absolute Gasteiger partial charge is 0.465 e. The van der Waals surface area contributed by atoms with Crippen molar-refractivity contribution in [3.05, 3.63) is 28.4 Å². The molecule has 0 saturated heterocycles. The van der Waals surface area contributed by atoms with Crippen LogP contribution in [0.25, 0.3) is 0 Å². The van der Waals surface area contributed by atoms with Crippen LogP contribution in [-0.4, -0.2) is 36.4 Å². The topological polar surface area (TPSA) is 119 Å². The summed E-state index contributed by atoms with van der Waals surface area (Å²) in [6, 6.07) is 0. The molecule has 2 aromatic heterocycles. The van der Waals surface area contributed by atoms with E-state index in [-0.39, 0.29) is 16.1 Å². The van der Waals surface area contributed by atoms with Crippen molar-refractivity contribution in [3.63, 3.8) is 0 Å². The van der Waals surface area contributed by atoms with Gasteiger partial charge in [0.15, 0.2) is 0 Å². The molecule has 0 bridgehead atoms. The van der Waals surface area contributed by atoms with Gasteiger partial charge < -0.3 is 20.5 Å². The number of ether oxygens (including phenoxy) is 2. The smallest absolute Gasteiger partial charge is 0.350 e. The summed E-state index contributed by atoms with van der Waals surface area (Å²) in [5.41, 5.74) is 6.92. The molecule has 0 aliphatic heterocycles. The Morgan fingerprint density at radius 1 is 1.38 bits per heavy atom. The van der Waals surface area contributed by atoms with E-state index in [9.17, 15) is 9.59 Å². The Balaban J connectivity index is 2.33. The molecule has 112 valence electrons. The molecule has 2 aromatic rings. The Labute approximate surface area is 124 Å². The van der Waals surface area contributed by atoms with Crippen LogP contribution in [0, 0.1) is 0 Å². The van der Waals surface area contributed by atoms with Crippen molar-refractivity contribution in [2.45, 2.75) is 6.54 Å². The van der Waals surface area contributed by atoms with Gasteiger partial charge in [-0.05, 0) is 0 Å². The first-order valence-electron chi connectivity index (χ1n) is 5.88. The molecule has 0 saturated carbocycles. The Kier molecular flexibility index (Phi) is 4.43. The number of hydrogen-bond acceptors (Lipinski definition) is 8. The van der Waals surface area contributed by atoms with Crippen LogP contribution < -0.4 is 11.1 Å². The summed E-state index contributed by atoms with van der Waals surface area (Å²) < 4.78 is 9.34. The quantitative estimate of drug-likeness (QED) is 0.711. The number of hydrogen-bond donors (Lipinski definition) is 3. The number of aromatic amines is 1. The average molecular weight is 310 g/mol. The molecule has 0 aromatic carbocycles. The summed E-state index contributed by atoms with van der Waals surface area (Å²) in [5.74, 6) is -1.22. The lowest BCUT2D eigenvalue weighted by atomic mass is 10.2. The molecule has 0 aliphatic rings. The monoisotopic (exact) mass is 310 g/mol. The predicted octanol–water partition coefficient (Wildman–Crippen LogP) is 1.24. The number of H-pyrrole nitrogens is 1. The van der Waals surface area contributed by atoms with Gasteiger partial charge in [-0.15, -0.1) is 11.3 Å². The van der Waals surface area contributed by atoms with E-state index in [1.54, 1.807) is 12.4 Å². The molecule has 0 radical (unpaired) electrons. The fourth-order valence-corrected chi connectivity index (χ4v) is 2.70. The number of anilines is 2. The molecule has 0 unspecified atom stereocenters. The maximum absolute atomic E-state index is 11.8. The zero-order valence-electron chi connectivity index (χ0n) is 11.4. The number of aromatic nitrogens is 2. The van der Waals surface area contributed by atoms with Gasteiger partial charge in [0.25, 0.3) is 0 Å². The summed E-state index contributed by atoms with van der Waals surface area (Å²) in [7, 11) is 2.50.